The molecule has 4 atom stereocenters. The summed E-state index contributed by atoms with van der Waals surface area (Å²) in [6.07, 6.45) is -0.273. The number of H-pyrrole nitrogens is 1. The van der Waals surface area contributed by atoms with Gasteiger partial charge >= 0.3 is 17.9 Å². The van der Waals surface area contributed by atoms with Crippen molar-refractivity contribution in [3.8, 4) is 5.75 Å². The zero-order valence-corrected chi connectivity index (χ0v) is 23.4. The molecule has 234 valence electrons. The number of benzene rings is 2. The van der Waals surface area contributed by atoms with E-state index in [0.717, 1.165) is 10.9 Å². The van der Waals surface area contributed by atoms with E-state index in [1.807, 2.05) is 0 Å². The van der Waals surface area contributed by atoms with Crippen molar-refractivity contribution in [3.63, 3.8) is 0 Å². The summed E-state index contributed by atoms with van der Waals surface area (Å²) in [5, 5.41) is 45.4. The van der Waals surface area contributed by atoms with Gasteiger partial charge in [-0.05, 0) is 35.7 Å². The Bertz CT molecular complexity index is 1520. The molecular formula is C29H33N5O10. The average Bonchev–Trinajstić information content (AvgIpc) is 3.38. The number of aromatic amines is 1. The second kappa shape index (κ2) is 15.2. The third kappa shape index (κ3) is 9.55. The number of carbonyl (C=O) groups excluding carboxylic acids is 3. The first-order valence-corrected chi connectivity index (χ1v) is 13.5. The highest BCUT2D eigenvalue weighted by Crippen LogP contribution is 2.19. The molecule has 0 spiro atoms. The maximum atomic E-state index is 13.4. The Kier molecular flexibility index (Phi) is 11.4. The first kappa shape index (κ1) is 33.1. The summed E-state index contributed by atoms with van der Waals surface area (Å²) >= 11 is 0. The summed E-state index contributed by atoms with van der Waals surface area (Å²) < 4.78 is 0. The number of para-hydroxylation sites is 1. The molecule has 1 aromatic heterocycles. The zero-order valence-electron chi connectivity index (χ0n) is 23.4. The number of aliphatic carboxylic acids is 3. The largest absolute Gasteiger partial charge is 0.508 e. The van der Waals surface area contributed by atoms with Crippen LogP contribution in [0.3, 0.4) is 0 Å². The Morgan fingerprint density at radius 2 is 1.36 bits per heavy atom. The fourth-order valence-corrected chi connectivity index (χ4v) is 4.41. The van der Waals surface area contributed by atoms with Gasteiger partial charge in [-0.15, -0.1) is 0 Å². The molecule has 3 aromatic rings. The highest BCUT2D eigenvalue weighted by molar-refractivity contribution is 5.96. The molecule has 0 saturated carbocycles. The van der Waals surface area contributed by atoms with Crippen LogP contribution in [0.1, 0.15) is 30.4 Å². The number of nitrogens with one attached hydrogen (secondary N) is 4. The number of rotatable bonds is 16. The van der Waals surface area contributed by atoms with Crippen LogP contribution in [0, 0.1) is 0 Å². The lowest BCUT2D eigenvalue weighted by Crippen LogP contribution is -2.58. The number of carbonyl (C=O) groups is 6. The number of fused-ring (bicyclic) bond motifs is 1. The molecule has 0 fully saturated rings. The van der Waals surface area contributed by atoms with Crippen molar-refractivity contribution in [1.29, 1.82) is 0 Å². The molecule has 2 aromatic carbocycles. The molecule has 0 radical (unpaired) electrons. The van der Waals surface area contributed by atoms with Crippen molar-refractivity contribution in [3.05, 3.63) is 65.9 Å². The predicted molar refractivity (Wildman–Crippen MR) is 154 cm³/mol. The van der Waals surface area contributed by atoms with E-state index in [2.05, 4.69) is 20.9 Å². The fourth-order valence-electron chi connectivity index (χ4n) is 4.41. The first-order valence-electron chi connectivity index (χ1n) is 13.5. The topological polar surface area (TPSA) is 261 Å². The predicted octanol–water partition coefficient (Wildman–Crippen LogP) is -0.135. The van der Waals surface area contributed by atoms with Gasteiger partial charge in [0.15, 0.2) is 0 Å². The molecule has 44 heavy (non-hydrogen) atoms. The van der Waals surface area contributed by atoms with E-state index in [0.29, 0.717) is 11.1 Å². The van der Waals surface area contributed by atoms with Gasteiger partial charge in [0.1, 0.15) is 23.9 Å². The molecule has 3 amide bonds. The van der Waals surface area contributed by atoms with E-state index < -0.39 is 72.6 Å². The van der Waals surface area contributed by atoms with Crippen molar-refractivity contribution < 1.29 is 49.2 Å². The number of carboxylic acids is 3. The molecule has 1 heterocycles. The van der Waals surface area contributed by atoms with Crippen molar-refractivity contribution in [2.75, 3.05) is 0 Å². The molecule has 4 unspecified atom stereocenters. The minimum absolute atomic E-state index is 0.0618. The summed E-state index contributed by atoms with van der Waals surface area (Å²) in [6, 6.07) is 6.82. The highest BCUT2D eigenvalue weighted by atomic mass is 16.4. The molecule has 0 aliphatic carbocycles. The van der Waals surface area contributed by atoms with Crippen molar-refractivity contribution in [1.82, 2.24) is 20.9 Å². The van der Waals surface area contributed by atoms with Gasteiger partial charge in [-0.1, -0.05) is 30.3 Å². The van der Waals surface area contributed by atoms with Crippen molar-refractivity contribution >= 4 is 46.5 Å². The quantitative estimate of drug-likeness (QED) is 0.103. The number of amides is 3. The molecule has 0 aliphatic rings. The number of aromatic nitrogens is 1. The molecule has 0 saturated heterocycles. The number of nitrogens with two attached hydrogens (primary N) is 1. The summed E-state index contributed by atoms with van der Waals surface area (Å²) in [5.41, 5.74) is 7.57. The number of carboxylic acid groups (broad SMARTS) is 3. The number of hydrogen-bond acceptors (Lipinski definition) is 8. The van der Waals surface area contributed by atoms with E-state index in [4.69, 9.17) is 10.8 Å². The Morgan fingerprint density at radius 3 is 2.00 bits per heavy atom. The summed E-state index contributed by atoms with van der Waals surface area (Å²) in [5.74, 6) is -7.04. The molecule has 15 nitrogen and oxygen atoms in total. The SMILES string of the molecule is NC(CCC(=O)O)C(=O)NC(Cc1ccc(O)cc1)C(=O)NC(CC(=O)O)C(=O)NC(Cc1c[nH]c2ccccc12)C(=O)O. The van der Waals surface area contributed by atoms with Crippen LogP contribution in [0.2, 0.25) is 0 Å². The minimum Gasteiger partial charge on any atom is -0.508 e. The van der Waals surface area contributed by atoms with Crippen LogP contribution in [0.5, 0.6) is 5.75 Å². The normalized spacial score (nSPS) is 13.7. The van der Waals surface area contributed by atoms with E-state index in [1.165, 1.54) is 24.3 Å². The van der Waals surface area contributed by atoms with Gasteiger partial charge in [-0.2, -0.15) is 0 Å². The Labute approximate surface area is 250 Å². The van der Waals surface area contributed by atoms with Gasteiger partial charge in [-0.3, -0.25) is 24.0 Å². The van der Waals surface area contributed by atoms with Gasteiger partial charge in [0.2, 0.25) is 17.7 Å². The Balaban J connectivity index is 1.79. The lowest BCUT2D eigenvalue weighted by molar-refractivity contribution is -0.143. The number of phenolic OH excluding ortho intramolecular Hbond substituents is 1. The van der Waals surface area contributed by atoms with Crippen molar-refractivity contribution in [2.24, 2.45) is 5.73 Å². The van der Waals surface area contributed by atoms with Crippen LogP contribution in [0.15, 0.2) is 54.7 Å². The minimum atomic E-state index is -1.73. The molecular weight excluding hydrogens is 578 g/mol. The monoisotopic (exact) mass is 611 g/mol. The number of phenols is 1. The van der Waals surface area contributed by atoms with Crippen LogP contribution >= 0.6 is 0 Å². The zero-order chi connectivity index (χ0) is 32.4. The fraction of sp³-hybridized carbons (Fsp3) is 0.310. The molecule has 3 rings (SSSR count). The molecule has 0 bridgehead atoms. The summed E-state index contributed by atoms with van der Waals surface area (Å²) in [4.78, 5) is 76.7. The lowest BCUT2D eigenvalue weighted by atomic mass is 10.0. The number of aromatic hydroxyl groups is 1. The van der Waals surface area contributed by atoms with Gasteiger partial charge in [0.25, 0.3) is 0 Å². The first-order chi connectivity index (χ1) is 20.8. The maximum Gasteiger partial charge on any atom is 0.326 e. The standard InChI is InChI=1S/C29H33N5O10/c30-19(9-10-24(36)37)26(40)32-21(11-15-5-7-17(35)8-6-15)27(41)33-22(13-25(38)39)28(42)34-23(29(43)44)12-16-14-31-20-4-2-1-3-18(16)20/h1-8,14,19,21-23,31,35H,9-13,30H2,(H,32,40)(H,33,41)(H,34,42)(H,36,37)(H,38,39)(H,43,44). The summed E-state index contributed by atoms with van der Waals surface area (Å²) in [7, 11) is 0. The van der Waals surface area contributed by atoms with Gasteiger partial charge in [-0.25, -0.2) is 4.79 Å². The highest BCUT2D eigenvalue weighted by Gasteiger charge is 2.32. The number of hydrogen-bond donors (Lipinski definition) is 9. The molecule has 0 aliphatic heterocycles. The van der Waals surface area contributed by atoms with Crippen LogP contribution in [0.25, 0.3) is 10.9 Å². The summed E-state index contributed by atoms with van der Waals surface area (Å²) in [6.45, 7) is 0. The molecule has 15 heteroatoms. The van der Waals surface area contributed by atoms with E-state index in [-0.39, 0.29) is 25.0 Å². The lowest BCUT2D eigenvalue weighted by Gasteiger charge is -2.24. The van der Waals surface area contributed by atoms with E-state index in [9.17, 15) is 44.1 Å². The van der Waals surface area contributed by atoms with Crippen LogP contribution in [0.4, 0.5) is 0 Å². The third-order valence-electron chi connectivity index (χ3n) is 6.74. The van der Waals surface area contributed by atoms with Crippen molar-refractivity contribution in [2.45, 2.75) is 56.3 Å². The smallest absolute Gasteiger partial charge is 0.326 e. The maximum absolute atomic E-state index is 13.4. The van der Waals surface area contributed by atoms with Gasteiger partial charge in [0.05, 0.1) is 12.5 Å². The van der Waals surface area contributed by atoms with Crippen LogP contribution in [-0.2, 0) is 41.6 Å². The van der Waals surface area contributed by atoms with E-state index >= 15 is 0 Å². The third-order valence-corrected chi connectivity index (χ3v) is 6.74. The van der Waals surface area contributed by atoms with Gasteiger partial charge in [0, 0.05) is 36.4 Å². The Hall–Kier alpha value is -5.44. The molecule has 10 N–H and O–H groups in total. The average molecular weight is 612 g/mol. The van der Waals surface area contributed by atoms with E-state index in [1.54, 1.807) is 30.5 Å². The second-order valence-corrected chi connectivity index (χ2v) is 10.1. The van der Waals surface area contributed by atoms with Gasteiger partial charge < -0.3 is 47.1 Å². The van der Waals surface area contributed by atoms with Crippen LogP contribution < -0.4 is 21.7 Å². The van der Waals surface area contributed by atoms with Crippen LogP contribution in [-0.4, -0.2) is 85.2 Å². The second-order valence-electron chi connectivity index (χ2n) is 10.1. The Morgan fingerprint density at radius 1 is 0.750 bits per heavy atom.